The summed E-state index contributed by atoms with van der Waals surface area (Å²) in [6.45, 7) is 0.274. The molecule has 0 radical (unpaired) electrons. The fraction of sp³-hybridized carbons (Fsp3) is 0.500. The van der Waals surface area contributed by atoms with E-state index in [1.165, 1.54) is 0 Å². The molecule has 0 unspecified atom stereocenters. The smallest absolute Gasteiger partial charge is 0.187 e. The molecule has 0 saturated heterocycles. The van der Waals surface area contributed by atoms with Gasteiger partial charge in [-0.15, -0.1) is 0 Å². The van der Waals surface area contributed by atoms with E-state index >= 15 is 0 Å². The number of rotatable bonds is 5. The Hall–Kier alpha value is -0.610. The van der Waals surface area contributed by atoms with Gasteiger partial charge in [-0.2, -0.15) is 0 Å². The highest BCUT2D eigenvalue weighted by molar-refractivity contribution is 7.99. The van der Waals surface area contributed by atoms with Gasteiger partial charge in [-0.3, -0.25) is 0 Å². The Kier molecular flexibility index (Phi) is 4.71. The van der Waals surface area contributed by atoms with Gasteiger partial charge in [-0.1, -0.05) is 11.8 Å². The van der Waals surface area contributed by atoms with Crippen LogP contribution in [0.1, 0.15) is 12.8 Å². The van der Waals surface area contributed by atoms with E-state index in [0.29, 0.717) is 0 Å². The predicted octanol–water partition coefficient (Wildman–Crippen LogP) is 1.34. The minimum absolute atomic E-state index is 0.274. The third-order valence-electron chi connectivity index (χ3n) is 1.33. The molecular formula is C8H12N2OS. The lowest BCUT2D eigenvalue weighted by Gasteiger charge is -1.97. The number of hydrogen-bond acceptors (Lipinski definition) is 4. The van der Waals surface area contributed by atoms with Crippen molar-refractivity contribution in [3.8, 4) is 0 Å². The van der Waals surface area contributed by atoms with E-state index in [0.717, 1.165) is 23.8 Å². The van der Waals surface area contributed by atoms with Crippen LogP contribution in [0.25, 0.3) is 0 Å². The standard InChI is InChI=1S/C8H12N2OS/c11-6-1-2-7-12-8-9-4-3-5-10-8/h3-5,11H,1-2,6-7H2. The maximum atomic E-state index is 8.52. The van der Waals surface area contributed by atoms with Crippen molar-refractivity contribution in [2.45, 2.75) is 18.0 Å². The summed E-state index contributed by atoms with van der Waals surface area (Å²) in [5.74, 6) is 0.977. The third-order valence-corrected chi connectivity index (χ3v) is 2.29. The van der Waals surface area contributed by atoms with Gasteiger partial charge in [0, 0.05) is 24.8 Å². The number of aliphatic hydroxyl groups is 1. The molecule has 66 valence electrons. The van der Waals surface area contributed by atoms with Crippen molar-refractivity contribution in [3.05, 3.63) is 18.5 Å². The largest absolute Gasteiger partial charge is 0.396 e. The lowest BCUT2D eigenvalue weighted by Crippen LogP contribution is -1.88. The van der Waals surface area contributed by atoms with E-state index in [2.05, 4.69) is 9.97 Å². The van der Waals surface area contributed by atoms with Crippen LogP contribution in [0, 0.1) is 0 Å². The Morgan fingerprint density at radius 1 is 1.25 bits per heavy atom. The number of thioether (sulfide) groups is 1. The van der Waals surface area contributed by atoms with Gasteiger partial charge in [-0.25, -0.2) is 9.97 Å². The molecule has 0 saturated carbocycles. The quantitative estimate of drug-likeness (QED) is 0.426. The fourth-order valence-electron chi connectivity index (χ4n) is 0.737. The highest BCUT2D eigenvalue weighted by Gasteiger charge is 1.94. The molecule has 0 fully saturated rings. The molecule has 12 heavy (non-hydrogen) atoms. The molecule has 0 aliphatic carbocycles. The van der Waals surface area contributed by atoms with Gasteiger partial charge in [0.2, 0.25) is 0 Å². The summed E-state index contributed by atoms with van der Waals surface area (Å²) in [5, 5.41) is 9.34. The normalized spacial score (nSPS) is 10.1. The zero-order valence-electron chi connectivity index (χ0n) is 6.81. The van der Waals surface area contributed by atoms with Gasteiger partial charge in [0.05, 0.1) is 0 Å². The van der Waals surface area contributed by atoms with Crippen LogP contribution in [0.5, 0.6) is 0 Å². The molecule has 1 heterocycles. The third kappa shape index (κ3) is 3.69. The Morgan fingerprint density at radius 3 is 2.67 bits per heavy atom. The lowest BCUT2D eigenvalue weighted by atomic mass is 10.4. The first-order chi connectivity index (χ1) is 5.93. The second kappa shape index (κ2) is 5.97. The van der Waals surface area contributed by atoms with Gasteiger partial charge >= 0.3 is 0 Å². The maximum absolute atomic E-state index is 8.52. The topological polar surface area (TPSA) is 46.0 Å². The second-order valence-corrected chi connectivity index (χ2v) is 3.37. The Bertz CT molecular complexity index is 205. The van der Waals surface area contributed by atoms with E-state index < -0.39 is 0 Å². The molecule has 3 nitrogen and oxygen atoms in total. The van der Waals surface area contributed by atoms with Crippen molar-refractivity contribution < 1.29 is 5.11 Å². The summed E-state index contributed by atoms with van der Waals surface area (Å²) in [6.07, 6.45) is 5.35. The maximum Gasteiger partial charge on any atom is 0.187 e. The van der Waals surface area contributed by atoms with Crippen LogP contribution in [-0.4, -0.2) is 27.4 Å². The predicted molar refractivity (Wildman–Crippen MR) is 49.1 cm³/mol. The highest BCUT2D eigenvalue weighted by atomic mass is 32.2. The van der Waals surface area contributed by atoms with Gasteiger partial charge in [0.15, 0.2) is 5.16 Å². The van der Waals surface area contributed by atoms with Crippen LogP contribution in [-0.2, 0) is 0 Å². The molecule has 0 aliphatic heterocycles. The number of nitrogens with zero attached hydrogens (tertiary/aromatic N) is 2. The van der Waals surface area contributed by atoms with Crippen LogP contribution >= 0.6 is 11.8 Å². The average Bonchev–Trinajstić information content (AvgIpc) is 2.14. The molecule has 1 aromatic heterocycles. The van der Waals surface area contributed by atoms with E-state index in [1.807, 2.05) is 0 Å². The van der Waals surface area contributed by atoms with E-state index in [-0.39, 0.29) is 6.61 Å². The molecule has 0 bridgehead atoms. The molecule has 1 rings (SSSR count). The van der Waals surface area contributed by atoms with Gasteiger partial charge in [0.25, 0.3) is 0 Å². The van der Waals surface area contributed by atoms with Gasteiger partial charge in [0.1, 0.15) is 0 Å². The summed E-state index contributed by atoms with van der Waals surface area (Å²) in [6, 6.07) is 1.80. The first-order valence-corrected chi connectivity index (χ1v) is 4.92. The summed E-state index contributed by atoms with van der Waals surface area (Å²) >= 11 is 1.63. The van der Waals surface area contributed by atoms with Crippen molar-refractivity contribution in [2.24, 2.45) is 0 Å². The van der Waals surface area contributed by atoms with E-state index in [1.54, 1.807) is 30.2 Å². The molecule has 0 atom stereocenters. The van der Waals surface area contributed by atoms with Crippen LogP contribution in [0.2, 0.25) is 0 Å². The van der Waals surface area contributed by atoms with Crippen LogP contribution < -0.4 is 0 Å². The van der Waals surface area contributed by atoms with Crippen molar-refractivity contribution in [3.63, 3.8) is 0 Å². The molecule has 0 aromatic carbocycles. The molecule has 0 amide bonds. The Labute approximate surface area is 76.2 Å². The van der Waals surface area contributed by atoms with Crippen molar-refractivity contribution in [2.75, 3.05) is 12.4 Å². The monoisotopic (exact) mass is 184 g/mol. The summed E-state index contributed by atoms with van der Waals surface area (Å²) in [4.78, 5) is 8.13. The summed E-state index contributed by atoms with van der Waals surface area (Å²) in [7, 11) is 0. The molecule has 1 aromatic rings. The SMILES string of the molecule is OCCCCSc1ncccn1. The lowest BCUT2D eigenvalue weighted by molar-refractivity contribution is 0.287. The molecular weight excluding hydrogens is 172 g/mol. The zero-order valence-corrected chi connectivity index (χ0v) is 7.63. The second-order valence-electron chi connectivity index (χ2n) is 2.31. The Morgan fingerprint density at radius 2 is 2.00 bits per heavy atom. The summed E-state index contributed by atoms with van der Waals surface area (Å²) < 4.78 is 0. The molecule has 0 aliphatic rings. The van der Waals surface area contributed by atoms with E-state index in [9.17, 15) is 0 Å². The number of unbranched alkanes of at least 4 members (excludes halogenated alkanes) is 1. The van der Waals surface area contributed by atoms with Crippen LogP contribution in [0.4, 0.5) is 0 Å². The highest BCUT2D eigenvalue weighted by Crippen LogP contribution is 2.12. The van der Waals surface area contributed by atoms with Crippen molar-refractivity contribution in [1.82, 2.24) is 9.97 Å². The number of hydrogen-bond donors (Lipinski definition) is 1. The van der Waals surface area contributed by atoms with Gasteiger partial charge < -0.3 is 5.11 Å². The fourth-order valence-corrected chi connectivity index (χ4v) is 1.54. The average molecular weight is 184 g/mol. The Balaban J connectivity index is 2.16. The molecule has 0 spiro atoms. The van der Waals surface area contributed by atoms with Crippen molar-refractivity contribution >= 4 is 11.8 Å². The molecule has 4 heteroatoms. The van der Waals surface area contributed by atoms with Crippen molar-refractivity contribution in [1.29, 1.82) is 0 Å². The first kappa shape index (κ1) is 9.48. The minimum Gasteiger partial charge on any atom is -0.396 e. The molecule has 1 N–H and O–H groups in total. The van der Waals surface area contributed by atoms with Gasteiger partial charge in [-0.05, 0) is 18.9 Å². The summed E-state index contributed by atoms with van der Waals surface area (Å²) in [5.41, 5.74) is 0. The number of aliphatic hydroxyl groups excluding tert-OH is 1. The van der Waals surface area contributed by atoms with E-state index in [4.69, 9.17) is 5.11 Å². The van der Waals surface area contributed by atoms with Crippen LogP contribution in [0.15, 0.2) is 23.6 Å². The zero-order chi connectivity index (χ0) is 8.65. The van der Waals surface area contributed by atoms with Crippen LogP contribution in [0.3, 0.4) is 0 Å². The first-order valence-electron chi connectivity index (χ1n) is 3.94. The number of aromatic nitrogens is 2. The minimum atomic E-state index is 0.274.